The summed E-state index contributed by atoms with van der Waals surface area (Å²) in [6.45, 7) is 10.1. The number of aliphatic hydroxyl groups is 3. The standard InChI is InChI=1S/C20H24O6/c1-6-19(5)10-20(24,17(22)18(3,4)23)26-15-13-11(2)8-7-9-12(13)25-16(21)14(15)19/h6-9,17,22-24H,1,10H2,2-5H3/t17-,19+,20-/m1/s1. The summed E-state index contributed by atoms with van der Waals surface area (Å²) < 4.78 is 11.3. The van der Waals surface area contributed by atoms with Gasteiger partial charge in [0.25, 0.3) is 0 Å². The van der Waals surface area contributed by atoms with Gasteiger partial charge in [0, 0.05) is 11.8 Å². The van der Waals surface area contributed by atoms with Crippen LogP contribution in [-0.4, -0.2) is 32.8 Å². The summed E-state index contributed by atoms with van der Waals surface area (Å²) in [5, 5.41) is 32.4. The van der Waals surface area contributed by atoms with Crippen molar-refractivity contribution in [1.29, 1.82) is 0 Å². The predicted molar refractivity (Wildman–Crippen MR) is 97.3 cm³/mol. The first-order chi connectivity index (χ1) is 11.9. The molecule has 1 aliphatic heterocycles. The number of aliphatic hydroxyl groups excluding tert-OH is 1. The van der Waals surface area contributed by atoms with Crippen LogP contribution in [0.2, 0.25) is 0 Å². The molecule has 2 heterocycles. The number of hydrogen-bond donors (Lipinski definition) is 3. The minimum Gasteiger partial charge on any atom is -0.458 e. The molecule has 1 aliphatic rings. The Bertz CT molecular complexity index is 938. The summed E-state index contributed by atoms with van der Waals surface area (Å²) >= 11 is 0. The van der Waals surface area contributed by atoms with E-state index >= 15 is 0 Å². The van der Waals surface area contributed by atoms with Crippen LogP contribution in [0.1, 0.15) is 38.3 Å². The van der Waals surface area contributed by atoms with Gasteiger partial charge in [-0.05, 0) is 32.4 Å². The molecule has 0 saturated heterocycles. The minimum atomic E-state index is -2.11. The lowest BCUT2D eigenvalue weighted by Gasteiger charge is -2.47. The first kappa shape index (κ1) is 18.6. The van der Waals surface area contributed by atoms with Crippen LogP contribution in [0, 0.1) is 6.92 Å². The Morgan fingerprint density at radius 2 is 2.04 bits per heavy atom. The van der Waals surface area contributed by atoms with E-state index in [2.05, 4.69) is 6.58 Å². The van der Waals surface area contributed by atoms with E-state index in [1.807, 2.05) is 13.0 Å². The zero-order valence-electron chi connectivity index (χ0n) is 15.4. The van der Waals surface area contributed by atoms with Crippen molar-refractivity contribution in [3.8, 4) is 5.75 Å². The van der Waals surface area contributed by atoms with Crippen molar-refractivity contribution in [3.63, 3.8) is 0 Å². The molecule has 0 aliphatic carbocycles. The van der Waals surface area contributed by atoms with Gasteiger partial charge in [-0.25, -0.2) is 4.79 Å². The fourth-order valence-electron chi connectivity index (χ4n) is 3.69. The molecule has 1 aromatic heterocycles. The van der Waals surface area contributed by atoms with Crippen molar-refractivity contribution in [1.82, 2.24) is 0 Å². The number of benzene rings is 1. The molecule has 2 aromatic rings. The Morgan fingerprint density at radius 1 is 1.38 bits per heavy atom. The highest BCUT2D eigenvalue weighted by Crippen LogP contribution is 2.48. The minimum absolute atomic E-state index is 0.147. The van der Waals surface area contributed by atoms with Gasteiger partial charge in [0.2, 0.25) is 5.79 Å². The van der Waals surface area contributed by atoms with Gasteiger partial charge in [0.15, 0.2) is 0 Å². The van der Waals surface area contributed by atoms with Crippen molar-refractivity contribution in [2.75, 3.05) is 0 Å². The van der Waals surface area contributed by atoms with E-state index < -0.39 is 28.5 Å². The second-order valence-corrected chi connectivity index (χ2v) is 7.84. The molecule has 6 heteroatoms. The molecule has 0 fully saturated rings. The van der Waals surface area contributed by atoms with Crippen LogP contribution in [0.15, 0.2) is 40.1 Å². The fourth-order valence-corrected chi connectivity index (χ4v) is 3.69. The van der Waals surface area contributed by atoms with Crippen LogP contribution in [0.5, 0.6) is 5.75 Å². The van der Waals surface area contributed by atoms with Gasteiger partial charge in [-0.3, -0.25) is 0 Å². The van der Waals surface area contributed by atoms with Gasteiger partial charge in [-0.15, -0.1) is 6.58 Å². The number of fused-ring (bicyclic) bond motifs is 3. The second-order valence-electron chi connectivity index (χ2n) is 7.84. The first-order valence-electron chi connectivity index (χ1n) is 8.45. The third-order valence-corrected chi connectivity index (χ3v) is 5.11. The maximum Gasteiger partial charge on any atom is 0.344 e. The Morgan fingerprint density at radius 3 is 2.62 bits per heavy atom. The SMILES string of the molecule is C=C[C@@]1(C)C[C@](O)([C@H](O)C(C)(C)O)Oc2c1c(=O)oc1cccc(C)c21. The van der Waals surface area contributed by atoms with Crippen molar-refractivity contribution in [2.24, 2.45) is 0 Å². The molecule has 0 amide bonds. The average molecular weight is 360 g/mol. The fraction of sp³-hybridized carbons (Fsp3) is 0.450. The molecular formula is C20H24O6. The second kappa shape index (κ2) is 5.67. The molecule has 3 atom stereocenters. The van der Waals surface area contributed by atoms with E-state index in [9.17, 15) is 20.1 Å². The third-order valence-electron chi connectivity index (χ3n) is 5.11. The molecule has 6 nitrogen and oxygen atoms in total. The smallest absolute Gasteiger partial charge is 0.344 e. The van der Waals surface area contributed by atoms with Crippen LogP contribution in [0.3, 0.4) is 0 Å². The molecule has 26 heavy (non-hydrogen) atoms. The quantitative estimate of drug-likeness (QED) is 0.573. The summed E-state index contributed by atoms with van der Waals surface area (Å²) in [5.41, 5.74) is -1.88. The van der Waals surface area contributed by atoms with Crippen molar-refractivity contribution in [3.05, 3.63) is 52.4 Å². The Balaban J connectivity index is 2.38. The van der Waals surface area contributed by atoms with E-state index in [-0.39, 0.29) is 17.7 Å². The molecule has 140 valence electrons. The molecule has 0 spiro atoms. The maximum absolute atomic E-state index is 12.7. The zero-order chi connectivity index (χ0) is 19.5. The van der Waals surface area contributed by atoms with Crippen molar-refractivity contribution >= 4 is 11.0 Å². The van der Waals surface area contributed by atoms with Gasteiger partial charge >= 0.3 is 5.63 Å². The number of allylic oxidation sites excluding steroid dienone is 1. The topological polar surface area (TPSA) is 100 Å². The Kier molecular flexibility index (Phi) is 4.07. The lowest BCUT2D eigenvalue weighted by atomic mass is 9.72. The van der Waals surface area contributed by atoms with E-state index in [0.29, 0.717) is 11.0 Å². The molecule has 3 rings (SSSR count). The average Bonchev–Trinajstić information content (AvgIpc) is 2.52. The summed E-state index contributed by atoms with van der Waals surface area (Å²) in [6.07, 6.45) is -0.255. The molecule has 0 radical (unpaired) electrons. The summed E-state index contributed by atoms with van der Waals surface area (Å²) in [6, 6.07) is 5.22. The van der Waals surface area contributed by atoms with Gasteiger partial charge in [-0.2, -0.15) is 0 Å². The monoisotopic (exact) mass is 360 g/mol. The third kappa shape index (κ3) is 2.65. The van der Waals surface area contributed by atoms with Crippen molar-refractivity contribution in [2.45, 2.75) is 57.0 Å². The van der Waals surface area contributed by atoms with Crippen molar-refractivity contribution < 1.29 is 24.5 Å². The van der Waals surface area contributed by atoms with Gasteiger partial charge < -0.3 is 24.5 Å². The molecule has 0 saturated carbocycles. The van der Waals surface area contributed by atoms with Crippen LogP contribution in [0.4, 0.5) is 0 Å². The van der Waals surface area contributed by atoms with E-state index in [0.717, 1.165) is 5.56 Å². The maximum atomic E-state index is 12.7. The van der Waals surface area contributed by atoms with E-state index in [1.54, 1.807) is 19.1 Å². The number of rotatable bonds is 3. The summed E-state index contributed by atoms with van der Waals surface area (Å²) in [5.74, 6) is -1.97. The van der Waals surface area contributed by atoms with Crippen LogP contribution < -0.4 is 10.4 Å². The normalized spacial score (nSPS) is 26.9. The van der Waals surface area contributed by atoms with Crippen LogP contribution >= 0.6 is 0 Å². The highest BCUT2D eigenvalue weighted by molar-refractivity contribution is 5.88. The van der Waals surface area contributed by atoms with E-state index in [1.165, 1.54) is 19.9 Å². The zero-order valence-corrected chi connectivity index (χ0v) is 15.4. The molecule has 0 unspecified atom stereocenters. The van der Waals surface area contributed by atoms with Gasteiger partial charge in [0.1, 0.15) is 17.4 Å². The predicted octanol–water partition coefficient (Wildman–Crippen LogP) is 2.15. The summed E-state index contributed by atoms with van der Waals surface area (Å²) in [4.78, 5) is 12.7. The number of ether oxygens (including phenoxy) is 1. The van der Waals surface area contributed by atoms with Crippen LogP contribution in [0.25, 0.3) is 11.0 Å². The summed E-state index contributed by atoms with van der Waals surface area (Å²) in [7, 11) is 0. The molecule has 1 aromatic carbocycles. The highest BCUT2D eigenvalue weighted by Gasteiger charge is 2.55. The lowest BCUT2D eigenvalue weighted by Crippen LogP contribution is -2.61. The Hall–Kier alpha value is -2.15. The lowest BCUT2D eigenvalue weighted by molar-refractivity contribution is -0.261. The number of aryl methyl sites for hydroxylation is 1. The van der Waals surface area contributed by atoms with Crippen LogP contribution in [-0.2, 0) is 5.41 Å². The van der Waals surface area contributed by atoms with Gasteiger partial charge in [-0.1, -0.05) is 25.1 Å². The Labute approximate surface area is 151 Å². The van der Waals surface area contributed by atoms with Gasteiger partial charge in [0.05, 0.1) is 16.6 Å². The first-order valence-corrected chi connectivity index (χ1v) is 8.45. The molecule has 3 N–H and O–H groups in total. The number of hydrogen-bond acceptors (Lipinski definition) is 6. The largest absolute Gasteiger partial charge is 0.458 e. The highest BCUT2D eigenvalue weighted by atomic mass is 16.6. The van der Waals surface area contributed by atoms with E-state index in [4.69, 9.17) is 9.15 Å². The molecule has 0 bridgehead atoms. The molecular weight excluding hydrogens is 336 g/mol.